The molecule has 0 amide bonds. The Hall–Kier alpha value is -1.88. The number of anilines is 1. The Morgan fingerprint density at radius 2 is 1.95 bits per heavy atom. The minimum atomic E-state index is -0.129. The van der Waals surface area contributed by atoms with Crippen molar-refractivity contribution in [3.05, 3.63) is 34.6 Å². The first-order valence-electron chi connectivity index (χ1n) is 6.72. The van der Waals surface area contributed by atoms with Crippen LogP contribution in [0.2, 0.25) is 0 Å². The fraction of sp³-hybridized carbons (Fsp3) is 0.429. The van der Waals surface area contributed by atoms with Gasteiger partial charge in [0.1, 0.15) is 0 Å². The predicted octanol–water partition coefficient (Wildman–Crippen LogP) is 1.10. The van der Waals surface area contributed by atoms with Crippen LogP contribution in [0.4, 0.5) is 5.82 Å². The summed E-state index contributed by atoms with van der Waals surface area (Å²) < 4.78 is 0. The van der Waals surface area contributed by atoms with Gasteiger partial charge in [-0.3, -0.25) is 4.79 Å². The number of benzene rings is 1. The van der Waals surface area contributed by atoms with E-state index in [1.807, 2.05) is 24.3 Å². The fourth-order valence-corrected chi connectivity index (χ4v) is 2.72. The van der Waals surface area contributed by atoms with Gasteiger partial charge in [0.15, 0.2) is 5.82 Å². The van der Waals surface area contributed by atoms with Crippen LogP contribution in [0.25, 0.3) is 10.8 Å². The molecule has 3 rings (SSSR count). The van der Waals surface area contributed by atoms with Gasteiger partial charge in [0.05, 0.1) is 5.39 Å². The Morgan fingerprint density at radius 1 is 1.26 bits per heavy atom. The Kier molecular flexibility index (Phi) is 3.21. The van der Waals surface area contributed by atoms with Crippen LogP contribution in [-0.2, 0) is 0 Å². The van der Waals surface area contributed by atoms with Crippen molar-refractivity contribution >= 4 is 16.6 Å². The molecule has 19 heavy (non-hydrogen) atoms. The molecule has 100 valence electrons. The molecule has 2 heterocycles. The van der Waals surface area contributed by atoms with Gasteiger partial charge in [-0.25, -0.2) is 5.10 Å². The molecule has 1 aliphatic rings. The number of rotatable bonds is 2. The monoisotopic (exact) mass is 258 g/mol. The minimum absolute atomic E-state index is 0.129. The highest BCUT2D eigenvalue weighted by atomic mass is 16.1. The highest BCUT2D eigenvalue weighted by Gasteiger charge is 2.21. The van der Waals surface area contributed by atoms with Gasteiger partial charge >= 0.3 is 0 Å². The van der Waals surface area contributed by atoms with E-state index in [9.17, 15) is 4.79 Å². The van der Waals surface area contributed by atoms with Gasteiger partial charge in [0, 0.05) is 18.5 Å². The van der Waals surface area contributed by atoms with Gasteiger partial charge in [-0.15, -0.1) is 0 Å². The average molecular weight is 258 g/mol. The zero-order valence-electron chi connectivity index (χ0n) is 10.8. The van der Waals surface area contributed by atoms with Crippen molar-refractivity contribution in [2.75, 3.05) is 24.5 Å². The van der Waals surface area contributed by atoms with Crippen molar-refractivity contribution in [3.63, 3.8) is 0 Å². The lowest BCUT2D eigenvalue weighted by molar-refractivity contribution is 0.413. The number of nitrogens with zero attached hydrogens (tertiary/aromatic N) is 2. The lowest BCUT2D eigenvalue weighted by Crippen LogP contribution is -2.37. The second kappa shape index (κ2) is 5.01. The first-order valence-corrected chi connectivity index (χ1v) is 6.72. The second-order valence-electron chi connectivity index (χ2n) is 5.09. The van der Waals surface area contributed by atoms with Gasteiger partial charge in [0.2, 0.25) is 0 Å². The lowest BCUT2D eigenvalue weighted by Gasteiger charge is -2.32. The van der Waals surface area contributed by atoms with E-state index in [1.54, 1.807) is 0 Å². The number of hydrogen-bond acceptors (Lipinski definition) is 4. The normalized spacial score (nSPS) is 17.0. The number of aromatic nitrogens is 2. The van der Waals surface area contributed by atoms with Crippen LogP contribution in [0, 0.1) is 5.92 Å². The molecule has 0 atom stereocenters. The molecule has 0 spiro atoms. The van der Waals surface area contributed by atoms with Gasteiger partial charge in [-0.1, -0.05) is 18.2 Å². The molecule has 0 bridgehead atoms. The van der Waals surface area contributed by atoms with E-state index in [2.05, 4.69) is 15.1 Å². The molecule has 1 saturated heterocycles. The Morgan fingerprint density at radius 3 is 2.63 bits per heavy atom. The van der Waals surface area contributed by atoms with Crippen molar-refractivity contribution in [1.29, 1.82) is 0 Å². The standard InChI is InChI=1S/C14H18N4O/c15-9-10-5-7-18(8-6-10)13-11-3-1-2-4-12(11)14(19)17-16-13/h1-4,10H,5-9,15H2,(H,17,19). The summed E-state index contributed by atoms with van der Waals surface area (Å²) in [5.74, 6) is 1.50. The molecule has 3 N–H and O–H groups in total. The van der Waals surface area contributed by atoms with E-state index >= 15 is 0 Å². The lowest BCUT2D eigenvalue weighted by atomic mass is 9.97. The molecule has 0 radical (unpaired) electrons. The minimum Gasteiger partial charge on any atom is -0.355 e. The van der Waals surface area contributed by atoms with Crippen molar-refractivity contribution in [3.8, 4) is 0 Å². The first kappa shape index (κ1) is 12.2. The van der Waals surface area contributed by atoms with E-state index in [1.165, 1.54) is 0 Å². The van der Waals surface area contributed by atoms with Crippen LogP contribution >= 0.6 is 0 Å². The van der Waals surface area contributed by atoms with E-state index in [0.29, 0.717) is 11.3 Å². The van der Waals surface area contributed by atoms with E-state index in [0.717, 1.165) is 43.7 Å². The number of H-pyrrole nitrogens is 1. The molecule has 1 aromatic heterocycles. The van der Waals surface area contributed by atoms with Gasteiger partial charge < -0.3 is 10.6 Å². The Bertz CT molecular complexity index is 629. The smallest absolute Gasteiger partial charge is 0.272 e. The zero-order valence-corrected chi connectivity index (χ0v) is 10.8. The third-order valence-electron chi connectivity index (χ3n) is 3.92. The van der Waals surface area contributed by atoms with Crippen LogP contribution in [0.1, 0.15) is 12.8 Å². The summed E-state index contributed by atoms with van der Waals surface area (Å²) in [6, 6.07) is 7.62. The van der Waals surface area contributed by atoms with E-state index in [-0.39, 0.29) is 5.56 Å². The summed E-state index contributed by atoms with van der Waals surface area (Å²) in [6.45, 7) is 2.66. The molecule has 0 saturated carbocycles. The number of aromatic amines is 1. The summed E-state index contributed by atoms with van der Waals surface area (Å²) in [7, 11) is 0. The highest BCUT2D eigenvalue weighted by molar-refractivity contribution is 5.91. The Labute approximate surface area is 111 Å². The van der Waals surface area contributed by atoms with Crippen LogP contribution in [0.5, 0.6) is 0 Å². The van der Waals surface area contributed by atoms with Crippen molar-refractivity contribution in [2.45, 2.75) is 12.8 Å². The summed E-state index contributed by atoms with van der Waals surface area (Å²) in [6.07, 6.45) is 2.18. The predicted molar refractivity (Wildman–Crippen MR) is 76.4 cm³/mol. The Balaban J connectivity index is 1.98. The summed E-state index contributed by atoms with van der Waals surface area (Å²) in [5, 5.41) is 8.46. The molecule has 5 nitrogen and oxygen atoms in total. The van der Waals surface area contributed by atoms with E-state index in [4.69, 9.17) is 5.73 Å². The van der Waals surface area contributed by atoms with Crippen molar-refractivity contribution in [1.82, 2.24) is 10.2 Å². The first-order chi connectivity index (χ1) is 9.29. The number of piperidine rings is 1. The molecule has 0 unspecified atom stereocenters. The average Bonchev–Trinajstić information content (AvgIpc) is 2.48. The maximum atomic E-state index is 11.8. The molecule has 1 aliphatic heterocycles. The van der Waals surface area contributed by atoms with Gasteiger partial charge in [-0.05, 0) is 31.4 Å². The van der Waals surface area contributed by atoms with Gasteiger partial charge in [-0.2, -0.15) is 5.10 Å². The third-order valence-corrected chi connectivity index (χ3v) is 3.92. The molecule has 1 fully saturated rings. The van der Waals surface area contributed by atoms with Crippen LogP contribution in [0.15, 0.2) is 29.1 Å². The van der Waals surface area contributed by atoms with E-state index < -0.39 is 0 Å². The third kappa shape index (κ3) is 2.21. The maximum absolute atomic E-state index is 11.8. The van der Waals surface area contributed by atoms with Crippen LogP contribution in [0.3, 0.4) is 0 Å². The zero-order chi connectivity index (χ0) is 13.2. The molecule has 5 heteroatoms. The summed E-state index contributed by atoms with van der Waals surface area (Å²) in [5.41, 5.74) is 5.59. The number of hydrogen-bond donors (Lipinski definition) is 2. The molecule has 0 aliphatic carbocycles. The topological polar surface area (TPSA) is 75.0 Å². The van der Waals surface area contributed by atoms with Crippen molar-refractivity contribution < 1.29 is 0 Å². The number of nitrogens with two attached hydrogens (primary N) is 1. The number of fused-ring (bicyclic) bond motifs is 1. The molecule has 2 aromatic rings. The van der Waals surface area contributed by atoms with Crippen LogP contribution < -0.4 is 16.2 Å². The fourth-order valence-electron chi connectivity index (χ4n) is 2.72. The quantitative estimate of drug-likeness (QED) is 0.845. The largest absolute Gasteiger partial charge is 0.355 e. The highest BCUT2D eigenvalue weighted by Crippen LogP contribution is 2.25. The summed E-state index contributed by atoms with van der Waals surface area (Å²) in [4.78, 5) is 14.0. The van der Waals surface area contributed by atoms with Crippen molar-refractivity contribution in [2.24, 2.45) is 11.7 Å². The maximum Gasteiger partial charge on any atom is 0.272 e. The molecule has 1 aromatic carbocycles. The van der Waals surface area contributed by atoms with Crippen LogP contribution in [-0.4, -0.2) is 29.8 Å². The summed E-state index contributed by atoms with van der Waals surface area (Å²) >= 11 is 0. The second-order valence-corrected chi connectivity index (χ2v) is 5.09. The molecular weight excluding hydrogens is 240 g/mol. The SMILES string of the molecule is NCC1CCN(c2n[nH]c(=O)c3ccccc23)CC1. The van der Waals surface area contributed by atoms with Gasteiger partial charge in [0.25, 0.3) is 5.56 Å². The number of nitrogens with one attached hydrogen (secondary N) is 1. The molecular formula is C14H18N4O.